The van der Waals surface area contributed by atoms with E-state index in [0.29, 0.717) is 0 Å². The highest BCUT2D eigenvalue weighted by molar-refractivity contribution is 7.22. The number of hydrogen-bond acceptors (Lipinski definition) is 3. The van der Waals surface area contributed by atoms with Gasteiger partial charge in [0, 0.05) is 12.6 Å². The van der Waals surface area contributed by atoms with Gasteiger partial charge in [-0.05, 0) is 32.9 Å². The number of hydrogen-bond donors (Lipinski definition) is 0. The molecule has 0 saturated carbocycles. The highest BCUT2D eigenvalue weighted by Gasteiger charge is 2.20. The summed E-state index contributed by atoms with van der Waals surface area (Å²) in [4.78, 5) is 6.84. The van der Waals surface area contributed by atoms with E-state index in [-0.39, 0.29) is 5.54 Å². The Balaban J connectivity index is 2.45. The van der Waals surface area contributed by atoms with Crippen molar-refractivity contribution in [2.75, 3.05) is 11.9 Å². The van der Waals surface area contributed by atoms with Crippen molar-refractivity contribution in [1.29, 1.82) is 0 Å². The van der Waals surface area contributed by atoms with Crippen LogP contribution in [0, 0.1) is 0 Å². The highest BCUT2D eigenvalue weighted by Crippen LogP contribution is 2.31. The number of fused-ring (bicyclic) bond motifs is 1. The predicted octanol–water partition coefficient (Wildman–Crippen LogP) is 3.53. The predicted molar refractivity (Wildman–Crippen MR) is 67.8 cm³/mol. The lowest BCUT2D eigenvalue weighted by molar-refractivity contribution is 0.538. The molecule has 15 heavy (non-hydrogen) atoms. The van der Waals surface area contributed by atoms with E-state index in [1.165, 1.54) is 4.70 Å². The van der Waals surface area contributed by atoms with Gasteiger partial charge in [0.25, 0.3) is 0 Å². The van der Waals surface area contributed by atoms with Gasteiger partial charge in [0.1, 0.15) is 0 Å². The van der Waals surface area contributed by atoms with Crippen molar-refractivity contribution in [2.45, 2.75) is 26.3 Å². The maximum absolute atomic E-state index is 4.62. The summed E-state index contributed by atoms with van der Waals surface area (Å²) < 4.78 is 1.25. The summed E-state index contributed by atoms with van der Waals surface area (Å²) in [6, 6.07) is 8.27. The van der Waals surface area contributed by atoms with Crippen LogP contribution in [0.25, 0.3) is 10.2 Å². The summed E-state index contributed by atoms with van der Waals surface area (Å²) in [6.45, 7) is 6.58. The van der Waals surface area contributed by atoms with Crippen LogP contribution in [0.15, 0.2) is 24.3 Å². The number of para-hydroxylation sites is 1. The first-order valence-electron chi connectivity index (χ1n) is 5.08. The molecule has 0 atom stereocenters. The molecule has 1 aromatic carbocycles. The standard InChI is InChI=1S/C12H16N2S/c1-12(2,3)14(4)11-13-9-7-5-6-8-10(9)15-11/h5-8H,1-4H3. The molecule has 2 rings (SSSR count). The SMILES string of the molecule is CN(c1nc2ccccc2s1)C(C)(C)C. The van der Waals surface area contributed by atoms with Crippen LogP contribution in [-0.4, -0.2) is 17.6 Å². The minimum absolute atomic E-state index is 0.119. The van der Waals surface area contributed by atoms with Gasteiger partial charge in [-0.1, -0.05) is 23.5 Å². The first-order valence-corrected chi connectivity index (χ1v) is 5.89. The zero-order chi connectivity index (χ0) is 11.1. The quantitative estimate of drug-likeness (QED) is 0.731. The maximum Gasteiger partial charge on any atom is 0.186 e. The summed E-state index contributed by atoms with van der Waals surface area (Å²) in [6.07, 6.45) is 0. The first kappa shape index (κ1) is 10.4. The van der Waals surface area contributed by atoms with Gasteiger partial charge in [0.2, 0.25) is 0 Å². The number of benzene rings is 1. The molecule has 0 aliphatic carbocycles. The molecule has 0 fully saturated rings. The summed E-state index contributed by atoms with van der Waals surface area (Å²) >= 11 is 1.75. The zero-order valence-corrected chi connectivity index (χ0v) is 10.4. The third-order valence-corrected chi connectivity index (χ3v) is 3.69. The fourth-order valence-electron chi connectivity index (χ4n) is 1.29. The van der Waals surface area contributed by atoms with Crippen molar-refractivity contribution in [2.24, 2.45) is 0 Å². The molecule has 0 amide bonds. The zero-order valence-electron chi connectivity index (χ0n) is 9.61. The molecular weight excluding hydrogens is 204 g/mol. The largest absolute Gasteiger partial charge is 0.346 e. The lowest BCUT2D eigenvalue weighted by Gasteiger charge is -2.31. The van der Waals surface area contributed by atoms with Gasteiger partial charge in [0.05, 0.1) is 10.2 Å². The number of nitrogens with zero attached hydrogens (tertiary/aromatic N) is 2. The van der Waals surface area contributed by atoms with E-state index in [0.717, 1.165) is 10.6 Å². The molecule has 0 unspecified atom stereocenters. The molecule has 0 radical (unpaired) electrons. The maximum atomic E-state index is 4.62. The van der Waals surface area contributed by atoms with Crippen LogP contribution in [0.3, 0.4) is 0 Å². The Morgan fingerprint density at radius 1 is 1.20 bits per heavy atom. The Morgan fingerprint density at radius 3 is 2.47 bits per heavy atom. The number of aromatic nitrogens is 1. The molecule has 0 aliphatic heterocycles. The minimum atomic E-state index is 0.119. The number of rotatable bonds is 1. The molecule has 2 aromatic rings. The number of thiazole rings is 1. The fraction of sp³-hybridized carbons (Fsp3) is 0.417. The second-order valence-electron chi connectivity index (χ2n) is 4.69. The molecule has 80 valence electrons. The van der Waals surface area contributed by atoms with E-state index in [1.807, 2.05) is 6.07 Å². The summed E-state index contributed by atoms with van der Waals surface area (Å²) in [7, 11) is 2.09. The van der Waals surface area contributed by atoms with Crippen LogP contribution in [0.2, 0.25) is 0 Å². The summed E-state index contributed by atoms with van der Waals surface area (Å²) in [5.74, 6) is 0. The Labute approximate surface area is 94.6 Å². The summed E-state index contributed by atoms with van der Waals surface area (Å²) in [5.41, 5.74) is 1.21. The topological polar surface area (TPSA) is 16.1 Å². The Hall–Kier alpha value is -1.09. The molecule has 0 bridgehead atoms. The van der Waals surface area contributed by atoms with E-state index in [9.17, 15) is 0 Å². The van der Waals surface area contributed by atoms with E-state index >= 15 is 0 Å². The van der Waals surface area contributed by atoms with Gasteiger partial charge >= 0.3 is 0 Å². The Kier molecular flexibility index (Phi) is 2.43. The van der Waals surface area contributed by atoms with Crippen molar-refractivity contribution in [3.8, 4) is 0 Å². The van der Waals surface area contributed by atoms with E-state index < -0.39 is 0 Å². The van der Waals surface area contributed by atoms with Gasteiger partial charge in [-0.25, -0.2) is 4.98 Å². The van der Waals surface area contributed by atoms with Crippen LogP contribution in [0.1, 0.15) is 20.8 Å². The highest BCUT2D eigenvalue weighted by atomic mass is 32.1. The molecule has 1 heterocycles. The summed E-state index contributed by atoms with van der Waals surface area (Å²) in [5, 5.41) is 1.09. The molecule has 0 N–H and O–H groups in total. The van der Waals surface area contributed by atoms with Crippen molar-refractivity contribution >= 4 is 26.7 Å². The van der Waals surface area contributed by atoms with Crippen LogP contribution >= 0.6 is 11.3 Å². The second kappa shape index (κ2) is 3.49. The lowest BCUT2D eigenvalue weighted by Crippen LogP contribution is -2.37. The molecule has 0 aliphatic rings. The van der Waals surface area contributed by atoms with Crippen molar-refractivity contribution in [1.82, 2.24) is 4.98 Å². The van der Waals surface area contributed by atoms with E-state index in [4.69, 9.17) is 0 Å². The molecule has 0 saturated heterocycles. The van der Waals surface area contributed by atoms with E-state index in [2.05, 4.69) is 55.9 Å². The van der Waals surface area contributed by atoms with E-state index in [1.54, 1.807) is 11.3 Å². The van der Waals surface area contributed by atoms with Crippen molar-refractivity contribution in [3.63, 3.8) is 0 Å². The molecule has 1 aromatic heterocycles. The molecular formula is C12H16N2S. The Morgan fingerprint density at radius 2 is 1.87 bits per heavy atom. The number of anilines is 1. The van der Waals surface area contributed by atoms with Gasteiger partial charge < -0.3 is 4.90 Å². The monoisotopic (exact) mass is 220 g/mol. The van der Waals surface area contributed by atoms with Gasteiger partial charge in [-0.15, -0.1) is 0 Å². The third kappa shape index (κ3) is 1.97. The lowest BCUT2D eigenvalue weighted by atomic mass is 10.1. The second-order valence-corrected chi connectivity index (χ2v) is 5.70. The third-order valence-electron chi connectivity index (χ3n) is 2.58. The van der Waals surface area contributed by atoms with Gasteiger partial charge in [-0.2, -0.15) is 0 Å². The molecule has 0 spiro atoms. The first-order chi connectivity index (χ1) is 6.98. The smallest absolute Gasteiger partial charge is 0.186 e. The van der Waals surface area contributed by atoms with Crippen molar-refractivity contribution in [3.05, 3.63) is 24.3 Å². The molecule has 2 nitrogen and oxygen atoms in total. The average molecular weight is 220 g/mol. The van der Waals surface area contributed by atoms with Crippen LogP contribution < -0.4 is 4.90 Å². The molecule has 3 heteroatoms. The normalized spacial score (nSPS) is 12.0. The minimum Gasteiger partial charge on any atom is -0.346 e. The Bertz CT molecular complexity index is 435. The fourth-order valence-corrected chi connectivity index (χ4v) is 2.41. The van der Waals surface area contributed by atoms with Crippen LogP contribution in [0.4, 0.5) is 5.13 Å². The van der Waals surface area contributed by atoms with Crippen LogP contribution in [-0.2, 0) is 0 Å². The van der Waals surface area contributed by atoms with Gasteiger partial charge in [0.15, 0.2) is 5.13 Å². The average Bonchev–Trinajstić information content (AvgIpc) is 2.58. The van der Waals surface area contributed by atoms with Crippen molar-refractivity contribution < 1.29 is 0 Å². The van der Waals surface area contributed by atoms with Gasteiger partial charge in [-0.3, -0.25) is 0 Å². The van der Waals surface area contributed by atoms with Crippen LogP contribution in [0.5, 0.6) is 0 Å².